The van der Waals surface area contributed by atoms with Gasteiger partial charge in [0, 0.05) is 30.8 Å². The summed E-state index contributed by atoms with van der Waals surface area (Å²) in [6.45, 7) is 0.876. The highest BCUT2D eigenvalue weighted by molar-refractivity contribution is 7.72. The zero-order valence-corrected chi connectivity index (χ0v) is 19.4. The minimum Gasteiger partial charge on any atom is -0.322 e. The van der Waals surface area contributed by atoms with E-state index in [9.17, 15) is 13.2 Å². The van der Waals surface area contributed by atoms with Gasteiger partial charge in [-0.3, -0.25) is 9.89 Å². The van der Waals surface area contributed by atoms with Crippen molar-refractivity contribution in [2.45, 2.75) is 13.0 Å². The fraction of sp³-hybridized carbons (Fsp3) is 0.154. The van der Waals surface area contributed by atoms with Gasteiger partial charge in [-0.1, -0.05) is 54.6 Å². The number of rotatable bonds is 10. The Balaban J connectivity index is 1.35. The quantitative estimate of drug-likeness (QED) is 0.208. The fourth-order valence-corrected chi connectivity index (χ4v) is 3.91. The van der Waals surface area contributed by atoms with Gasteiger partial charge in [0.1, 0.15) is 10.7 Å². The average molecular weight is 475 g/mol. The van der Waals surface area contributed by atoms with Gasteiger partial charge < -0.3 is 10.6 Å². The van der Waals surface area contributed by atoms with Crippen LogP contribution in [-0.4, -0.2) is 36.8 Å². The molecule has 1 amide bonds. The van der Waals surface area contributed by atoms with Crippen molar-refractivity contribution in [2.24, 2.45) is 0 Å². The summed E-state index contributed by atoms with van der Waals surface area (Å²) < 4.78 is 21.3. The Morgan fingerprint density at radius 1 is 0.882 bits per heavy atom. The molecule has 7 nitrogen and oxygen atoms in total. The van der Waals surface area contributed by atoms with Crippen molar-refractivity contribution < 1.29 is 13.2 Å². The number of hydrogen-bond acceptors (Lipinski definition) is 5. The van der Waals surface area contributed by atoms with Gasteiger partial charge >= 0.3 is 0 Å². The summed E-state index contributed by atoms with van der Waals surface area (Å²) in [5, 5.41) is 13.5. The second-order valence-electron chi connectivity index (χ2n) is 7.90. The van der Waals surface area contributed by atoms with Gasteiger partial charge in [0.25, 0.3) is 5.91 Å². The number of aromatic amines is 1. The van der Waals surface area contributed by atoms with Crippen LogP contribution in [0.3, 0.4) is 0 Å². The maximum Gasteiger partial charge on any atom is 0.255 e. The molecule has 0 spiro atoms. The SMILES string of the molecule is O=C(Nc1ccc(-c2cc(Cc3ccccc3)n[nH]2)cc1)c1cccc(CNCC[SH](=O)=O)c1. The van der Waals surface area contributed by atoms with Crippen molar-refractivity contribution in [2.75, 3.05) is 17.6 Å². The molecule has 0 bridgehead atoms. The fourth-order valence-electron chi connectivity index (χ4n) is 3.57. The molecular weight excluding hydrogens is 448 g/mol. The van der Waals surface area contributed by atoms with Crippen molar-refractivity contribution in [3.63, 3.8) is 0 Å². The monoisotopic (exact) mass is 474 g/mol. The lowest BCUT2D eigenvalue weighted by molar-refractivity contribution is 0.102. The normalized spacial score (nSPS) is 11.0. The predicted molar refractivity (Wildman–Crippen MR) is 135 cm³/mol. The smallest absolute Gasteiger partial charge is 0.255 e. The molecule has 0 atom stereocenters. The highest BCUT2D eigenvalue weighted by Crippen LogP contribution is 2.22. The molecule has 1 aromatic heterocycles. The molecule has 0 saturated heterocycles. The summed E-state index contributed by atoms with van der Waals surface area (Å²) in [6.07, 6.45) is 0.763. The Morgan fingerprint density at radius 3 is 2.41 bits per heavy atom. The van der Waals surface area contributed by atoms with E-state index >= 15 is 0 Å². The number of anilines is 1. The number of nitrogens with one attached hydrogen (secondary N) is 3. The molecule has 34 heavy (non-hydrogen) atoms. The lowest BCUT2D eigenvalue weighted by Crippen LogP contribution is -2.19. The van der Waals surface area contributed by atoms with Gasteiger partial charge in [-0.25, -0.2) is 8.42 Å². The van der Waals surface area contributed by atoms with E-state index in [1.807, 2.05) is 60.7 Å². The summed E-state index contributed by atoms with van der Waals surface area (Å²) >= 11 is 0. The largest absolute Gasteiger partial charge is 0.322 e. The first-order chi connectivity index (χ1) is 16.6. The van der Waals surface area contributed by atoms with Crippen molar-refractivity contribution in [3.05, 3.63) is 107 Å². The topological polar surface area (TPSA) is 104 Å². The van der Waals surface area contributed by atoms with Gasteiger partial charge in [0.15, 0.2) is 0 Å². The van der Waals surface area contributed by atoms with Crippen molar-refractivity contribution >= 4 is 22.3 Å². The van der Waals surface area contributed by atoms with Crippen molar-refractivity contribution in [1.82, 2.24) is 15.5 Å². The zero-order valence-electron chi connectivity index (χ0n) is 18.5. The van der Waals surface area contributed by atoms with E-state index in [0.29, 0.717) is 24.3 Å². The first kappa shape index (κ1) is 23.4. The van der Waals surface area contributed by atoms with Gasteiger partial charge in [-0.05, 0) is 47.0 Å². The first-order valence-electron chi connectivity index (χ1n) is 11.0. The molecule has 0 aliphatic rings. The first-order valence-corrected chi connectivity index (χ1v) is 12.3. The number of thiol groups is 1. The number of carbonyl (C=O) groups excluding carboxylic acids is 1. The second-order valence-corrected chi connectivity index (χ2v) is 9.01. The van der Waals surface area contributed by atoms with Crippen LogP contribution in [0.5, 0.6) is 0 Å². The zero-order chi connectivity index (χ0) is 23.8. The van der Waals surface area contributed by atoms with Gasteiger partial charge in [-0.15, -0.1) is 0 Å². The molecule has 1 heterocycles. The molecule has 3 aromatic carbocycles. The molecule has 0 saturated carbocycles. The van der Waals surface area contributed by atoms with E-state index in [-0.39, 0.29) is 11.7 Å². The Hall–Kier alpha value is -3.75. The van der Waals surface area contributed by atoms with Crippen LogP contribution in [0.1, 0.15) is 27.2 Å². The number of aromatic nitrogens is 2. The third-order valence-corrected chi connectivity index (χ3v) is 5.89. The molecule has 8 heteroatoms. The Morgan fingerprint density at radius 2 is 1.65 bits per heavy atom. The second kappa shape index (κ2) is 11.4. The molecule has 0 radical (unpaired) electrons. The van der Waals surface area contributed by atoms with Crippen LogP contribution in [-0.2, 0) is 23.7 Å². The van der Waals surface area contributed by atoms with Crippen LogP contribution >= 0.6 is 0 Å². The lowest BCUT2D eigenvalue weighted by atomic mass is 10.1. The third-order valence-electron chi connectivity index (χ3n) is 5.30. The summed E-state index contributed by atoms with van der Waals surface area (Å²) in [4.78, 5) is 12.7. The molecule has 3 N–H and O–H groups in total. The van der Waals surface area contributed by atoms with E-state index in [1.54, 1.807) is 12.1 Å². The molecule has 0 aliphatic heterocycles. The van der Waals surface area contributed by atoms with Crippen LogP contribution in [0.15, 0.2) is 84.9 Å². The van der Waals surface area contributed by atoms with Crippen LogP contribution in [0.2, 0.25) is 0 Å². The Bertz CT molecular complexity index is 1310. The van der Waals surface area contributed by atoms with E-state index in [2.05, 4.69) is 33.0 Å². The molecule has 4 aromatic rings. The van der Waals surface area contributed by atoms with E-state index in [4.69, 9.17) is 0 Å². The maximum atomic E-state index is 12.7. The van der Waals surface area contributed by atoms with E-state index in [0.717, 1.165) is 28.9 Å². The summed E-state index contributed by atoms with van der Waals surface area (Å²) in [7, 11) is -2.39. The highest BCUT2D eigenvalue weighted by Gasteiger charge is 2.09. The summed E-state index contributed by atoms with van der Waals surface area (Å²) in [6, 6.07) is 27.1. The number of benzene rings is 3. The summed E-state index contributed by atoms with van der Waals surface area (Å²) in [5.74, 6) is -0.109. The molecule has 0 aliphatic carbocycles. The van der Waals surface area contributed by atoms with Gasteiger partial charge in [0.05, 0.1) is 17.1 Å². The predicted octanol–water partition coefficient (Wildman–Crippen LogP) is 3.62. The minimum absolute atomic E-state index is 0.0956. The van der Waals surface area contributed by atoms with E-state index < -0.39 is 10.7 Å². The number of nitrogens with zero attached hydrogens (tertiary/aromatic N) is 1. The lowest BCUT2D eigenvalue weighted by Gasteiger charge is -2.08. The molecule has 4 rings (SSSR count). The van der Waals surface area contributed by atoms with E-state index in [1.165, 1.54) is 5.56 Å². The van der Waals surface area contributed by atoms with Crippen molar-refractivity contribution in [3.8, 4) is 11.3 Å². The van der Waals surface area contributed by atoms with Gasteiger partial charge in [0.2, 0.25) is 0 Å². The van der Waals surface area contributed by atoms with Crippen LogP contribution in [0, 0.1) is 0 Å². The Kier molecular flexibility index (Phi) is 7.85. The maximum absolute atomic E-state index is 12.7. The van der Waals surface area contributed by atoms with Crippen molar-refractivity contribution in [1.29, 1.82) is 0 Å². The van der Waals surface area contributed by atoms with Crippen LogP contribution in [0.25, 0.3) is 11.3 Å². The molecule has 0 fully saturated rings. The Labute approximate surface area is 200 Å². The number of hydrogen-bond donors (Lipinski definition) is 4. The molecule has 0 unspecified atom stereocenters. The van der Waals surface area contributed by atoms with Crippen LogP contribution < -0.4 is 10.6 Å². The highest BCUT2D eigenvalue weighted by atomic mass is 32.2. The number of carbonyl (C=O) groups is 1. The third kappa shape index (κ3) is 6.63. The summed E-state index contributed by atoms with van der Waals surface area (Å²) in [5.41, 5.74) is 6.23. The minimum atomic E-state index is -2.39. The number of H-pyrrole nitrogens is 1. The van der Waals surface area contributed by atoms with Gasteiger partial charge in [-0.2, -0.15) is 5.10 Å². The number of amides is 1. The van der Waals surface area contributed by atoms with Crippen LogP contribution in [0.4, 0.5) is 5.69 Å². The average Bonchev–Trinajstić information content (AvgIpc) is 3.31. The standard InChI is InChI=1S/C26H26N4O3S/c31-26(22-8-4-7-20(15-22)18-27-13-14-34(32)33)28-23-11-9-21(10-12-23)25-17-24(29-30-25)16-19-5-2-1-3-6-19/h1-12,15,17,27,34H,13-14,16,18H2,(H,28,31)(H,29,30). The molecule has 174 valence electrons. The molecular formula is C26H26N4O3S.